The molecular formula is C19H22F7NO. The summed E-state index contributed by atoms with van der Waals surface area (Å²) < 4.78 is 91.7. The molecule has 0 aromatic rings. The zero-order valence-electron chi connectivity index (χ0n) is 15.4. The van der Waals surface area contributed by atoms with Gasteiger partial charge >= 0.3 is 12.4 Å². The fraction of sp³-hybridized carbons (Fsp3) is 0.632. The van der Waals surface area contributed by atoms with Crippen molar-refractivity contribution in [3.05, 3.63) is 34.9 Å². The van der Waals surface area contributed by atoms with E-state index >= 15 is 4.39 Å². The van der Waals surface area contributed by atoms with Gasteiger partial charge in [-0.05, 0) is 24.5 Å². The number of hydrogen-bond acceptors (Lipinski definition) is 1. The number of carbonyl (C=O) groups excluding carboxylic acids is 1. The molecule has 28 heavy (non-hydrogen) atoms. The molecule has 2 nitrogen and oxygen atoms in total. The Morgan fingerprint density at radius 2 is 1.71 bits per heavy atom. The number of allylic oxidation sites excluding steroid dienone is 6. The number of amides is 1. The Hall–Kier alpha value is -1.80. The average molecular weight is 413 g/mol. The smallest absolute Gasteiger partial charge is 0.342 e. The number of halogens is 7. The van der Waals surface area contributed by atoms with Crippen LogP contribution in [0.1, 0.15) is 45.4 Å². The van der Waals surface area contributed by atoms with Crippen molar-refractivity contribution in [2.75, 3.05) is 13.1 Å². The van der Waals surface area contributed by atoms with Gasteiger partial charge in [-0.15, -0.1) is 0 Å². The summed E-state index contributed by atoms with van der Waals surface area (Å²) >= 11 is 0. The minimum atomic E-state index is -4.62. The molecule has 1 amide bonds. The summed E-state index contributed by atoms with van der Waals surface area (Å²) in [6.45, 7) is 1.52. The maximum absolute atomic E-state index is 15.5. The van der Waals surface area contributed by atoms with Gasteiger partial charge in [0.1, 0.15) is 5.67 Å². The van der Waals surface area contributed by atoms with E-state index < -0.39 is 42.3 Å². The van der Waals surface area contributed by atoms with Crippen LogP contribution in [0.15, 0.2) is 34.9 Å². The number of hydrogen-bond donors (Lipinski definition) is 0. The van der Waals surface area contributed by atoms with Crippen LogP contribution in [0.4, 0.5) is 30.7 Å². The van der Waals surface area contributed by atoms with Crippen molar-refractivity contribution in [1.29, 1.82) is 0 Å². The van der Waals surface area contributed by atoms with E-state index in [1.807, 2.05) is 0 Å². The molecule has 158 valence electrons. The third kappa shape index (κ3) is 5.85. The maximum atomic E-state index is 15.5. The van der Waals surface area contributed by atoms with Crippen molar-refractivity contribution in [2.24, 2.45) is 0 Å². The zero-order valence-corrected chi connectivity index (χ0v) is 15.4. The number of likely N-dealkylation sites (tertiary alicyclic amines) is 1. The van der Waals surface area contributed by atoms with Gasteiger partial charge in [-0.3, -0.25) is 4.79 Å². The lowest BCUT2D eigenvalue weighted by Crippen LogP contribution is -2.45. The van der Waals surface area contributed by atoms with Crippen LogP contribution in [-0.4, -0.2) is 41.9 Å². The normalized spacial score (nSPS) is 20.9. The molecule has 1 saturated heterocycles. The van der Waals surface area contributed by atoms with Crippen LogP contribution in [0.3, 0.4) is 0 Å². The van der Waals surface area contributed by atoms with E-state index in [1.165, 1.54) is 6.08 Å². The number of nitrogens with zero attached hydrogens (tertiary/aromatic N) is 1. The van der Waals surface area contributed by atoms with Gasteiger partial charge in [-0.2, -0.15) is 26.3 Å². The minimum Gasteiger partial charge on any atom is -0.342 e. The van der Waals surface area contributed by atoms with Gasteiger partial charge in [-0.1, -0.05) is 24.6 Å². The third-order valence-corrected chi connectivity index (χ3v) is 5.13. The van der Waals surface area contributed by atoms with Crippen LogP contribution < -0.4 is 0 Å². The van der Waals surface area contributed by atoms with Gasteiger partial charge in [0.2, 0.25) is 5.91 Å². The summed E-state index contributed by atoms with van der Waals surface area (Å²) in [7, 11) is 0. The van der Waals surface area contributed by atoms with Crippen molar-refractivity contribution in [2.45, 2.75) is 63.5 Å². The molecule has 9 heteroatoms. The van der Waals surface area contributed by atoms with E-state index in [1.54, 1.807) is 6.92 Å². The van der Waals surface area contributed by atoms with E-state index in [0.29, 0.717) is 12.0 Å². The molecule has 0 radical (unpaired) electrons. The number of piperidine rings is 1. The second-order valence-corrected chi connectivity index (χ2v) is 7.11. The predicted molar refractivity (Wildman–Crippen MR) is 90.2 cm³/mol. The molecule has 0 atom stereocenters. The molecule has 1 fully saturated rings. The maximum Gasteiger partial charge on any atom is 0.416 e. The van der Waals surface area contributed by atoms with E-state index in [-0.39, 0.29) is 37.9 Å². The molecule has 0 saturated carbocycles. The van der Waals surface area contributed by atoms with Gasteiger partial charge in [0.05, 0.1) is 12.0 Å². The van der Waals surface area contributed by atoms with Crippen LogP contribution >= 0.6 is 0 Å². The van der Waals surface area contributed by atoms with Crippen LogP contribution in [0, 0.1) is 0 Å². The molecule has 0 bridgehead atoms. The van der Waals surface area contributed by atoms with Crippen LogP contribution in [0.5, 0.6) is 0 Å². The van der Waals surface area contributed by atoms with Gasteiger partial charge in [0.25, 0.3) is 0 Å². The Labute approximate surface area is 158 Å². The van der Waals surface area contributed by atoms with Crippen molar-refractivity contribution in [1.82, 2.24) is 4.90 Å². The van der Waals surface area contributed by atoms with E-state index in [0.717, 1.165) is 17.1 Å². The summed E-state index contributed by atoms with van der Waals surface area (Å²) in [6, 6.07) is 0. The second kappa shape index (κ2) is 8.29. The molecular weight excluding hydrogens is 391 g/mol. The number of carbonyl (C=O) groups is 1. The highest BCUT2D eigenvalue weighted by Gasteiger charge is 2.42. The SMILES string of the molecule is CCC1=CC=C(C(F)(F)F)C=C(C2(F)CCN(C(=O)CCC(F)(F)F)CC2)C1. The molecule has 0 unspecified atom stereocenters. The molecule has 0 spiro atoms. The molecule has 2 aliphatic rings. The summed E-state index contributed by atoms with van der Waals surface area (Å²) in [5, 5.41) is 0. The standard InChI is InChI=1S/C19H22F7NO/c1-2-13-3-4-14(19(24,25)26)12-15(11-13)17(20)7-9-27(10-8-17)16(28)5-6-18(21,22)23/h3-4,12H,2,5-11H2,1H3. The monoisotopic (exact) mass is 413 g/mol. The predicted octanol–water partition coefficient (Wildman–Crippen LogP) is 5.81. The minimum absolute atomic E-state index is 0.00376. The highest BCUT2D eigenvalue weighted by atomic mass is 19.4. The fourth-order valence-corrected chi connectivity index (χ4v) is 3.34. The molecule has 1 aliphatic carbocycles. The molecule has 1 aliphatic heterocycles. The van der Waals surface area contributed by atoms with Gasteiger partial charge in [-0.25, -0.2) is 4.39 Å². The molecule has 0 N–H and O–H groups in total. The Kier molecular flexibility index (Phi) is 6.66. The van der Waals surface area contributed by atoms with Crippen molar-refractivity contribution in [3.63, 3.8) is 0 Å². The number of alkyl halides is 7. The Bertz CT molecular complexity index is 677. The summed E-state index contributed by atoms with van der Waals surface area (Å²) in [4.78, 5) is 13.0. The molecule has 2 rings (SSSR count). The highest BCUT2D eigenvalue weighted by Crippen LogP contribution is 2.41. The second-order valence-electron chi connectivity index (χ2n) is 7.11. The van der Waals surface area contributed by atoms with Crippen LogP contribution in [-0.2, 0) is 4.79 Å². The van der Waals surface area contributed by atoms with Gasteiger partial charge in [0.15, 0.2) is 0 Å². The van der Waals surface area contributed by atoms with Crippen molar-refractivity contribution < 1.29 is 35.5 Å². The van der Waals surface area contributed by atoms with Gasteiger partial charge < -0.3 is 4.90 Å². The van der Waals surface area contributed by atoms with Crippen molar-refractivity contribution in [3.8, 4) is 0 Å². The van der Waals surface area contributed by atoms with E-state index in [2.05, 4.69) is 0 Å². The average Bonchev–Trinajstić information content (AvgIpc) is 2.83. The summed E-state index contributed by atoms with van der Waals surface area (Å²) in [5.41, 5.74) is -2.30. The first-order chi connectivity index (χ1) is 12.8. The molecule has 0 aromatic heterocycles. The molecule has 1 heterocycles. The summed E-state index contributed by atoms with van der Waals surface area (Å²) in [5.74, 6) is -0.723. The first kappa shape index (κ1) is 22.5. The largest absolute Gasteiger partial charge is 0.416 e. The zero-order chi connectivity index (χ0) is 21.2. The van der Waals surface area contributed by atoms with E-state index in [9.17, 15) is 31.1 Å². The Morgan fingerprint density at radius 1 is 1.11 bits per heavy atom. The first-order valence-corrected chi connectivity index (χ1v) is 9.05. The summed E-state index contributed by atoms with van der Waals surface area (Å²) in [6.07, 6.45) is -7.86. The third-order valence-electron chi connectivity index (χ3n) is 5.13. The lowest BCUT2D eigenvalue weighted by atomic mass is 9.81. The van der Waals surface area contributed by atoms with Crippen molar-refractivity contribution >= 4 is 5.91 Å². The first-order valence-electron chi connectivity index (χ1n) is 9.05. The molecule has 0 aromatic carbocycles. The Balaban J connectivity index is 2.11. The lowest BCUT2D eigenvalue weighted by Gasteiger charge is -2.38. The topological polar surface area (TPSA) is 20.3 Å². The van der Waals surface area contributed by atoms with Crippen LogP contribution in [0.2, 0.25) is 0 Å². The highest BCUT2D eigenvalue weighted by molar-refractivity contribution is 5.76. The number of rotatable bonds is 4. The van der Waals surface area contributed by atoms with Gasteiger partial charge in [0, 0.05) is 32.4 Å². The quantitative estimate of drug-likeness (QED) is 0.533. The lowest BCUT2D eigenvalue weighted by molar-refractivity contribution is -0.150. The van der Waals surface area contributed by atoms with Crippen LogP contribution in [0.25, 0.3) is 0 Å². The van der Waals surface area contributed by atoms with E-state index in [4.69, 9.17) is 0 Å². The Morgan fingerprint density at radius 3 is 2.21 bits per heavy atom. The fourth-order valence-electron chi connectivity index (χ4n) is 3.34.